The Morgan fingerprint density at radius 2 is 2.26 bits per heavy atom. The maximum Gasteiger partial charge on any atom is 0.264 e. The lowest BCUT2D eigenvalue weighted by Crippen LogP contribution is -2.49. The number of nitrogens with zero attached hydrogens (tertiary/aromatic N) is 2. The molecule has 1 N–H and O–H groups in total. The number of hydrogen-bond donors (Lipinski definition) is 1. The van der Waals surface area contributed by atoms with E-state index >= 15 is 0 Å². The van der Waals surface area contributed by atoms with Gasteiger partial charge in [0.05, 0.1) is 24.1 Å². The highest BCUT2D eigenvalue weighted by atomic mass is 32.2. The summed E-state index contributed by atoms with van der Waals surface area (Å²) in [5.74, 6) is 0.621. The smallest absolute Gasteiger partial charge is 0.264 e. The van der Waals surface area contributed by atoms with E-state index in [1.807, 2.05) is 0 Å². The van der Waals surface area contributed by atoms with Crippen LogP contribution in [0.1, 0.15) is 23.6 Å². The normalized spacial score (nSPS) is 28.0. The van der Waals surface area contributed by atoms with E-state index < -0.39 is 10.1 Å². The Kier molecular flexibility index (Phi) is 3.48. The van der Waals surface area contributed by atoms with Gasteiger partial charge >= 0.3 is 0 Å². The van der Waals surface area contributed by atoms with E-state index in [1.165, 1.54) is 10.9 Å². The molecule has 1 unspecified atom stereocenters. The molecule has 3 atom stereocenters. The van der Waals surface area contributed by atoms with Crippen molar-refractivity contribution in [1.82, 2.24) is 15.1 Å². The zero-order valence-corrected chi connectivity index (χ0v) is 14.1. The predicted molar refractivity (Wildman–Crippen MR) is 87.9 cm³/mol. The van der Waals surface area contributed by atoms with Crippen LogP contribution in [0.3, 0.4) is 0 Å². The van der Waals surface area contributed by atoms with Gasteiger partial charge in [0.2, 0.25) is 0 Å². The first-order chi connectivity index (χ1) is 10.9. The van der Waals surface area contributed by atoms with Crippen molar-refractivity contribution in [2.45, 2.75) is 24.8 Å². The quantitative estimate of drug-likeness (QED) is 0.861. The topological polar surface area (TPSA) is 75.3 Å². The van der Waals surface area contributed by atoms with Gasteiger partial charge in [-0.3, -0.25) is 9.28 Å². The number of likely N-dealkylation sites (tertiary alicyclic amines) is 1. The van der Waals surface area contributed by atoms with Gasteiger partial charge in [0.1, 0.15) is 0 Å². The SMILES string of the molecule is CN1C[C@H](COS(C)(=O)=O)CC2c3cccc4[nH]nc(c34)C[C@H]21. The number of aromatic amines is 1. The van der Waals surface area contributed by atoms with E-state index in [1.54, 1.807) is 0 Å². The Balaban J connectivity index is 1.65. The molecule has 7 heteroatoms. The Hall–Kier alpha value is -1.44. The molecular formula is C16H21N3O3S. The molecule has 2 heterocycles. The van der Waals surface area contributed by atoms with Crippen molar-refractivity contribution in [1.29, 1.82) is 0 Å². The van der Waals surface area contributed by atoms with Crippen molar-refractivity contribution in [3.63, 3.8) is 0 Å². The van der Waals surface area contributed by atoms with Crippen LogP contribution < -0.4 is 0 Å². The van der Waals surface area contributed by atoms with Gasteiger partial charge in [0.15, 0.2) is 0 Å². The highest BCUT2D eigenvalue weighted by Gasteiger charge is 2.40. The van der Waals surface area contributed by atoms with E-state index in [-0.39, 0.29) is 12.5 Å². The fourth-order valence-electron chi connectivity index (χ4n) is 4.24. The Bertz CT molecular complexity index is 845. The predicted octanol–water partition coefficient (Wildman–Crippen LogP) is 1.50. The number of piperidine rings is 1. The highest BCUT2D eigenvalue weighted by Crippen LogP contribution is 2.43. The molecule has 2 aliphatic rings. The minimum absolute atomic E-state index is 0.222. The molecule has 1 aromatic heterocycles. The molecule has 124 valence electrons. The molecule has 4 rings (SSSR count). The molecule has 1 aliphatic heterocycles. The molecule has 23 heavy (non-hydrogen) atoms. The molecule has 1 aromatic carbocycles. The van der Waals surface area contributed by atoms with Crippen LogP contribution in [0.2, 0.25) is 0 Å². The minimum atomic E-state index is -3.38. The number of rotatable bonds is 3. The van der Waals surface area contributed by atoms with Crippen LogP contribution >= 0.6 is 0 Å². The number of H-pyrrole nitrogens is 1. The van der Waals surface area contributed by atoms with Crippen LogP contribution in [-0.4, -0.2) is 56.0 Å². The zero-order valence-electron chi connectivity index (χ0n) is 13.3. The summed E-state index contributed by atoms with van der Waals surface area (Å²) in [6.07, 6.45) is 3.01. The van der Waals surface area contributed by atoms with E-state index in [0.29, 0.717) is 12.0 Å². The summed E-state index contributed by atoms with van der Waals surface area (Å²) in [4.78, 5) is 2.33. The first-order valence-corrected chi connectivity index (χ1v) is 9.74. The van der Waals surface area contributed by atoms with E-state index in [4.69, 9.17) is 4.18 Å². The monoisotopic (exact) mass is 335 g/mol. The lowest BCUT2D eigenvalue weighted by molar-refractivity contribution is 0.0851. The van der Waals surface area contributed by atoms with Gasteiger partial charge in [-0.15, -0.1) is 0 Å². The Labute approximate surface area is 135 Å². The second kappa shape index (κ2) is 5.29. The Morgan fingerprint density at radius 3 is 3.04 bits per heavy atom. The summed E-state index contributed by atoms with van der Waals surface area (Å²) in [7, 11) is -1.27. The summed E-state index contributed by atoms with van der Waals surface area (Å²) >= 11 is 0. The van der Waals surface area contributed by atoms with Crippen molar-refractivity contribution in [3.05, 3.63) is 29.5 Å². The summed E-state index contributed by atoms with van der Waals surface area (Å²) in [5.41, 5.74) is 3.57. The third-order valence-corrected chi connectivity index (χ3v) is 5.74. The van der Waals surface area contributed by atoms with Crippen LogP contribution in [0, 0.1) is 5.92 Å². The van der Waals surface area contributed by atoms with Gasteiger partial charge in [-0.1, -0.05) is 12.1 Å². The number of nitrogens with one attached hydrogen (secondary N) is 1. The second-order valence-electron chi connectivity index (χ2n) is 6.85. The maximum absolute atomic E-state index is 11.3. The molecule has 2 aromatic rings. The van der Waals surface area contributed by atoms with Gasteiger partial charge < -0.3 is 4.90 Å². The molecule has 1 saturated heterocycles. The van der Waals surface area contributed by atoms with Crippen molar-refractivity contribution in [2.24, 2.45) is 5.92 Å². The van der Waals surface area contributed by atoms with Crippen molar-refractivity contribution >= 4 is 21.0 Å². The lowest BCUT2D eigenvalue weighted by Gasteiger charge is -2.45. The maximum atomic E-state index is 11.3. The summed E-state index contributed by atoms with van der Waals surface area (Å²) in [5, 5.41) is 8.87. The summed E-state index contributed by atoms with van der Waals surface area (Å²) in [6.45, 7) is 1.12. The fraction of sp³-hybridized carbons (Fsp3) is 0.562. The van der Waals surface area contributed by atoms with Gasteiger partial charge in [-0.2, -0.15) is 13.5 Å². The Morgan fingerprint density at radius 1 is 1.43 bits per heavy atom. The largest absolute Gasteiger partial charge is 0.302 e. The van der Waals surface area contributed by atoms with Gasteiger partial charge in [0.25, 0.3) is 10.1 Å². The van der Waals surface area contributed by atoms with Crippen molar-refractivity contribution in [2.75, 3.05) is 26.5 Å². The first-order valence-electron chi connectivity index (χ1n) is 7.93. The number of aromatic nitrogens is 2. The van der Waals surface area contributed by atoms with E-state index in [2.05, 4.69) is 40.3 Å². The molecule has 0 radical (unpaired) electrons. The molecule has 0 amide bonds. The lowest BCUT2D eigenvalue weighted by atomic mass is 9.73. The van der Waals surface area contributed by atoms with Crippen LogP contribution in [0.4, 0.5) is 0 Å². The van der Waals surface area contributed by atoms with Crippen LogP contribution in [0.15, 0.2) is 18.2 Å². The molecule has 1 fully saturated rings. The third-order valence-electron chi connectivity index (χ3n) is 5.18. The molecule has 6 nitrogen and oxygen atoms in total. The van der Waals surface area contributed by atoms with Crippen LogP contribution in [0.25, 0.3) is 10.9 Å². The number of hydrogen-bond acceptors (Lipinski definition) is 5. The molecule has 0 bridgehead atoms. The first kappa shape index (κ1) is 15.1. The highest BCUT2D eigenvalue weighted by molar-refractivity contribution is 7.85. The second-order valence-corrected chi connectivity index (χ2v) is 8.49. The minimum Gasteiger partial charge on any atom is -0.302 e. The molecule has 1 aliphatic carbocycles. The summed E-state index contributed by atoms with van der Waals surface area (Å²) < 4.78 is 27.6. The van der Waals surface area contributed by atoms with Gasteiger partial charge in [0, 0.05) is 30.3 Å². The average molecular weight is 335 g/mol. The van der Waals surface area contributed by atoms with Crippen LogP contribution in [-0.2, 0) is 20.7 Å². The number of benzene rings is 1. The van der Waals surface area contributed by atoms with Crippen LogP contribution in [0.5, 0.6) is 0 Å². The molecule has 0 spiro atoms. The van der Waals surface area contributed by atoms with E-state index in [9.17, 15) is 8.42 Å². The molecular weight excluding hydrogens is 314 g/mol. The van der Waals surface area contributed by atoms with Crippen molar-refractivity contribution < 1.29 is 12.6 Å². The number of likely N-dealkylation sites (N-methyl/N-ethyl adjacent to an activating group) is 1. The van der Waals surface area contributed by atoms with E-state index in [0.717, 1.165) is 36.9 Å². The number of fused-ring (bicyclic) bond motifs is 2. The summed E-state index contributed by atoms with van der Waals surface area (Å²) in [6, 6.07) is 6.74. The van der Waals surface area contributed by atoms with Gasteiger partial charge in [-0.25, -0.2) is 0 Å². The standard InChI is InChI=1S/C16H21N3O3S/c1-19-8-10(9-22-23(2,20)21)6-12-11-4-3-5-13-16(11)14(18-17-13)7-15(12)19/h3-5,10,12,15H,6-9H2,1-2H3,(H,17,18)/t10-,12?,15-/m1/s1. The average Bonchev–Trinajstić information content (AvgIpc) is 2.90. The fourth-order valence-corrected chi connectivity index (χ4v) is 4.68. The van der Waals surface area contributed by atoms with Crippen molar-refractivity contribution in [3.8, 4) is 0 Å². The third kappa shape index (κ3) is 2.66. The van der Waals surface area contributed by atoms with Gasteiger partial charge in [-0.05, 0) is 31.0 Å². The molecule has 0 saturated carbocycles. The zero-order chi connectivity index (χ0) is 16.2.